The lowest BCUT2D eigenvalue weighted by atomic mass is 9.95. The summed E-state index contributed by atoms with van der Waals surface area (Å²) >= 11 is 0. The molecule has 4 atom stereocenters. The Balaban J connectivity index is 1.47. The Bertz CT molecular complexity index is 577. The largest absolute Gasteiger partial charge is 0.369 e. The molecule has 1 N–H and O–H groups in total. The topological polar surface area (TPSA) is 38.3 Å². The highest BCUT2D eigenvalue weighted by Crippen LogP contribution is 2.74. The fourth-order valence-corrected chi connectivity index (χ4v) is 3.98. The van der Waals surface area contributed by atoms with Crippen LogP contribution >= 0.6 is 0 Å². The highest BCUT2D eigenvalue weighted by molar-refractivity contribution is 5.89. The van der Waals surface area contributed by atoms with E-state index in [9.17, 15) is 13.6 Å². The zero-order valence-corrected chi connectivity index (χ0v) is 11.5. The smallest absolute Gasteiger partial charge is 0.266 e. The molecule has 2 saturated carbocycles. The van der Waals surface area contributed by atoms with Gasteiger partial charge in [0.25, 0.3) is 5.92 Å². The summed E-state index contributed by atoms with van der Waals surface area (Å²) in [5.74, 6) is -4.05. The van der Waals surface area contributed by atoms with Crippen LogP contribution in [0.4, 0.5) is 8.78 Å². The van der Waals surface area contributed by atoms with Crippen LogP contribution in [-0.4, -0.2) is 24.5 Å². The first kappa shape index (κ1) is 13.2. The molecular formula is C16H17F2NO2. The summed E-state index contributed by atoms with van der Waals surface area (Å²) in [6.45, 7) is 0.387. The van der Waals surface area contributed by atoms with Crippen LogP contribution in [0.3, 0.4) is 0 Å². The van der Waals surface area contributed by atoms with Gasteiger partial charge in [-0.05, 0) is 18.4 Å². The van der Waals surface area contributed by atoms with Gasteiger partial charge in [0.05, 0.1) is 12.6 Å². The number of fused-ring (bicyclic) bond motifs is 1. The molecule has 3 aliphatic rings. The van der Waals surface area contributed by atoms with Crippen molar-refractivity contribution in [2.45, 2.75) is 37.3 Å². The van der Waals surface area contributed by atoms with E-state index in [1.807, 2.05) is 30.3 Å². The molecule has 2 unspecified atom stereocenters. The van der Waals surface area contributed by atoms with Crippen molar-refractivity contribution in [1.82, 2.24) is 5.32 Å². The zero-order chi connectivity index (χ0) is 14.7. The van der Waals surface area contributed by atoms with Crippen LogP contribution in [0, 0.1) is 11.3 Å². The lowest BCUT2D eigenvalue weighted by Crippen LogP contribution is -2.53. The first-order valence-corrected chi connectivity index (χ1v) is 7.43. The summed E-state index contributed by atoms with van der Waals surface area (Å²) in [6.07, 6.45) is 1.26. The maximum Gasteiger partial charge on any atom is 0.266 e. The lowest BCUT2D eigenvalue weighted by Gasteiger charge is -2.38. The Labute approximate surface area is 121 Å². The van der Waals surface area contributed by atoms with Gasteiger partial charge in [-0.15, -0.1) is 0 Å². The highest BCUT2D eigenvalue weighted by Gasteiger charge is 2.85. The Morgan fingerprint density at radius 1 is 1.29 bits per heavy atom. The summed E-state index contributed by atoms with van der Waals surface area (Å²) < 4.78 is 33.2. The van der Waals surface area contributed by atoms with Gasteiger partial charge in [-0.3, -0.25) is 4.79 Å². The van der Waals surface area contributed by atoms with Gasteiger partial charge >= 0.3 is 0 Å². The number of benzene rings is 1. The van der Waals surface area contributed by atoms with Crippen molar-refractivity contribution in [3.8, 4) is 0 Å². The fraction of sp³-hybridized carbons (Fsp3) is 0.562. The molecule has 3 nitrogen and oxygen atoms in total. The average molecular weight is 293 g/mol. The maximum atomic E-state index is 13.8. The molecule has 1 amide bonds. The minimum atomic E-state index is -2.82. The predicted octanol–water partition coefficient (Wildman–Crippen LogP) is 2.68. The highest BCUT2D eigenvalue weighted by atomic mass is 19.3. The number of ether oxygens (including phenoxy) is 1. The van der Waals surface area contributed by atoms with Crippen molar-refractivity contribution in [3.63, 3.8) is 0 Å². The van der Waals surface area contributed by atoms with Gasteiger partial charge in [0.15, 0.2) is 0 Å². The minimum absolute atomic E-state index is 0.202. The molecule has 0 bridgehead atoms. The third-order valence-corrected chi connectivity index (χ3v) is 5.28. The van der Waals surface area contributed by atoms with Gasteiger partial charge < -0.3 is 10.1 Å². The summed E-state index contributed by atoms with van der Waals surface area (Å²) in [6, 6.07) is 9.35. The molecule has 1 aromatic carbocycles. The molecule has 2 aliphatic carbocycles. The number of halogens is 2. The van der Waals surface area contributed by atoms with Crippen LogP contribution < -0.4 is 5.32 Å². The summed E-state index contributed by atoms with van der Waals surface area (Å²) in [5.41, 5.74) is -0.457. The third-order valence-electron chi connectivity index (χ3n) is 5.28. The molecule has 5 heteroatoms. The van der Waals surface area contributed by atoms with Crippen LogP contribution in [0.25, 0.3) is 0 Å². The lowest BCUT2D eigenvalue weighted by molar-refractivity contribution is -0.141. The van der Waals surface area contributed by atoms with Crippen LogP contribution in [0.5, 0.6) is 0 Å². The number of alkyl halides is 2. The van der Waals surface area contributed by atoms with Crippen LogP contribution in [-0.2, 0) is 9.53 Å². The van der Waals surface area contributed by atoms with E-state index in [4.69, 9.17) is 4.74 Å². The molecule has 1 aromatic rings. The molecular weight excluding hydrogens is 276 g/mol. The predicted molar refractivity (Wildman–Crippen MR) is 71.8 cm³/mol. The molecule has 3 fully saturated rings. The monoisotopic (exact) mass is 293 g/mol. The first-order valence-electron chi connectivity index (χ1n) is 7.43. The number of nitrogens with one attached hydrogen (secondary N) is 1. The molecule has 0 radical (unpaired) electrons. The number of carbonyl (C=O) groups is 1. The van der Waals surface area contributed by atoms with E-state index in [1.54, 1.807) is 0 Å². The van der Waals surface area contributed by atoms with E-state index in [-0.39, 0.29) is 12.1 Å². The quantitative estimate of drug-likeness (QED) is 0.930. The summed E-state index contributed by atoms with van der Waals surface area (Å²) in [7, 11) is 0. The fourth-order valence-electron chi connectivity index (χ4n) is 3.98. The van der Waals surface area contributed by atoms with E-state index in [0.717, 1.165) is 12.0 Å². The molecule has 1 heterocycles. The Morgan fingerprint density at radius 3 is 2.62 bits per heavy atom. The standard InChI is InChI=1S/C16H17F2NO2/c17-16(18)12-7-4-8-15(12,16)14(20)19-11-9-21-13(11)10-5-2-1-3-6-10/h1-3,5-6,11-13H,4,7-9H2,(H,19,20)/t11-,12?,13+,15?/m1/s1. The Morgan fingerprint density at radius 2 is 2.05 bits per heavy atom. The molecule has 21 heavy (non-hydrogen) atoms. The molecule has 0 aromatic heterocycles. The van der Waals surface area contributed by atoms with Crippen molar-refractivity contribution >= 4 is 5.91 Å². The van der Waals surface area contributed by atoms with E-state index in [2.05, 4.69) is 5.32 Å². The normalized spacial score (nSPS) is 39.2. The average Bonchev–Trinajstić information content (AvgIpc) is 2.81. The number of rotatable bonds is 3. The van der Waals surface area contributed by atoms with Crippen molar-refractivity contribution in [1.29, 1.82) is 0 Å². The molecule has 1 aliphatic heterocycles. The number of carbonyl (C=O) groups excluding carboxylic acids is 1. The van der Waals surface area contributed by atoms with Crippen molar-refractivity contribution in [3.05, 3.63) is 35.9 Å². The van der Waals surface area contributed by atoms with E-state index < -0.39 is 23.2 Å². The van der Waals surface area contributed by atoms with Crippen molar-refractivity contribution in [2.75, 3.05) is 6.61 Å². The van der Waals surface area contributed by atoms with Gasteiger partial charge in [0.2, 0.25) is 5.91 Å². The van der Waals surface area contributed by atoms with Crippen LogP contribution in [0.15, 0.2) is 30.3 Å². The third kappa shape index (κ3) is 1.64. The second-order valence-corrected chi connectivity index (χ2v) is 6.28. The minimum Gasteiger partial charge on any atom is -0.369 e. The van der Waals surface area contributed by atoms with Gasteiger partial charge in [-0.2, -0.15) is 0 Å². The van der Waals surface area contributed by atoms with E-state index in [1.165, 1.54) is 0 Å². The first-order chi connectivity index (χ1) is 10.1. The van der Waals surface area contributed by atoms with Gasteiger partial charge in [0.1, 0.15) is 11.5 Å². The molecule has 4 rings (SSSR count). The second kappa shape index (κ2) is 4.26. The summed E-state index contributed by atoms with van der Waals surface area (Å²) in [5, 5.41) is 2.80. The molecule has 1 saturated heterocycles. The molecule has 112 valence electrons. The van der Waals surface area contributed by atoms with Gasteiger partial charge in [0, 0.05) is 5.92 Å². The maximum absolute atomic E-state index is 13.8. The Kier molecular flexibility index (Phi) is 2.67. The van der Waals surface area contributed by atoms with Gasteiger partial charge in [-0.1, -0.05) is 36.8 Å². The summed E-state index contributed by atoms with van der Waals surface area (Å²) in [4.78, 5) is 12.4. The number of hydrogen-bond donors (Lipinski definition) is 1. The SMILES string of the molecule is O=C(N[C@@H]1CO[C@H]1c1ccccc1)C12CCCC1C2(F)F. The second-order valence-electron chi connectivity index (χ2n) is 6.28. The molecule has 0 spiro atoms. The zero-order valence-electron chi connectivity index (χ0n) is 11.5. The van der Waals surface area contributed by atoms with Crippen LogP contribution in [0.2, 0.25) is 0 Å². The van der Waals surface area contributed by atoms with Crippen molar-refractivity contribution < 1.29 is 18.3 Å². The van der Waals surface area contributed by atoms with Crippen molar-refractivity contribution in [2.24, 2.45) is 11.3 Å². The number of hydrogen-bond acceptors (Lipinski definition) is 2. The van der Waals surface area contributed by atoms with E-state index in [0.29, 0.717) is 19.4 Å². The van der Waals surface area contributed by atoms with Crippen LogP contribution in [0.1, 0.15) is 30.9 Å². The Hall–Kier alpha value is -1.49. The van der Waals surface area contributed by atoms with E-state index >= 15 is 0 Å². The number of amides is 1. The van der Waals surface area contributed by atoms with Gasteiger partial charge in [-0.25, -0.2) is 8.78 Å².